The molecule has 4 heteroatoms. The van der Waals surface area contributed by atoms with E-state index in [0.29, 0.717) is 12.4 Å². The Morgan fingerprint density at radius 3 is 2.75 bits per heavy atom. The van der Waals surface area contributed by atoms with Gasteiger partial charge in [-0.05, 0) is 31.1 Å². The van der Waals surface area contributed by atoms with Crippen LogP contribution in [0.4, 0.5) is 0 Å². The molecule has 1 aromatic carbocycles. The van der Waals surface area contributed by atoms with E-state index in [9.17, 15) is 5.11 Å². The van der Waals surface area contributed by atoms with Crippen molar-refractivity contribution in [2.75, 3.05) is 6.61 Å². The van der Waals surface area contributed by atoms with Crippen LogP contribution in [0.25, 0.3) is 0 Å². The molecule has 1 unspecified atom stereocenters. The molecule has 1 N–H and O–H groups in total. The summed E-state index contributed by atoms with van der Waals surface area (Å²) in [6.07, 6.45) is 3.28. The fourth-order valence-electron chi connectivity index (χ4n) is 1.64. The summed E-state index contributed by atoms with van der Waals surface area (Å²) in [5.74, 6) is 0.661. The molecule has 0 saturated carbocycles. The van der Waals surface area contributed by atoms with Crippen LogP contribution in [0.1, 0.15) is 24.5 Å². The number of ether oxygens (including phenoxy) is 1. The first-order valence-corrected chi connectivity index (χ1v) is 6.73. The standard InChI is InChI=1S/C12H12Br2O2/c13-8-4-5-9(10(14)7-8)12(15)11-3-1-2-6-16-11/h3-5,7,12,15H,1-2,6H2. The summed E-state index contributed by atoms with van der Waals surface area (Å²) in [4.78, 5) is 0. The van der Waals surface area contributed by atoms with Gasteiger partial charge in [-0.1, -0.05) is 37.9 Å². The second kappa shape index (κ2) is 5.34. The third-order valence-electron chi connectivity index (χ3n) is 2.49. The Bertz CT molecular complexity index is 415. The van der Waals surface area contributed by atoms with E-state index in [-0.39, 0.29) is 0 Å². The predicted octanol–water partition coefficient (Wildman–Crippen LogP) is 3.94. The maximum absolute atomic E-state index is 10.2. The normalized spacial score (nSPS) is 17.6. The summed E-state index contributed by atoms with van der Waals surface area (Å²) in [6.45, 7) is 0.692. The van der Waals surface area contributed by atoms with Gasteiger partial charge < -0.3 is 9.84 Å². The number of aliphatic hydroxyl groups is 1. The lowest BCUT2D eigenvalue weighted by atomic mass is 10.1. The van der Waals surface area contributed by atoms with Crippen molar-refractivity contribution < 1.29 is 9.84 Å². The molecule has 1 heterocycles. The molecular formula is C12H12Br2O2. The van der Waals surface area contributed by atoms with Crippen LogP contribution in [-0.2, 0) is 4.74 Å². The first-order valence-electron chi connectivity index (χ1n) is 5.14. The Balaban J connectivity index is 2.26. The van der Waals surface area contributed by atoms with Gasteiger partial charge in [-0.2, -0.15) is 0 Å². The van der Waals surface area contributed by atoms with Crippen LogP contribution >= 0.6 is 31.9 Å². The minimum Gasteiger partial charge on any atom is -0.495 e. The summed E-state index contributed by atoms with van der Waals surface area (Å²) in [5, 5.41) is 10.2. The molecule has 1 aromatic rings. The molecule has 0 fully saturated rings. The van der Waals surface area contributed by atoms with E-state index in [1.165, 1.54) is 0 Å². The van der Waals surface area contributed by atoms with Crippen LogP contribution in [0.2, 0.25) is 0 Å². The SMILES string of the molecule is OC(C1=CCCCO1)c1ccc(Br)cc1Br. The van der Waals surface area contributed by atoms with E-state index < -0.39 is 6.10 Å². The Hall–Kier alpha value is -0.320. The fraction of sp³-hybridized carbons (Fsp3) is 0.333. The van der Waals surface area contributed by atoms with Gasteiger partial charge in [0.25, 0.3) is 0 Å². The molecule has 2 rings (SSSR count). The van der Waals surface area contributed by atoms with Crippen molar-refractivity contribution >= 4 is 31.9 Å². The molecule has 2 nitrogen and oxygen atoms in total. The topological polar surface area (TPSA) is 29.5 Å². The summed E-state index contributed by atoms with van der Waals surface area (Å²) >= 11 is 6.83. The Labute approximate surface area is 112 Å². The van der Waals surface area contributed by atoms with Crippen LogP contribution < -0.4 is 0 Å². The summed E-state index contributed by atoms with van der Waals surface area (Å²) in [5.41, 5.74) is 0.830. The van der Waals surface area contributed by atoms with Gasteiger partial charge in [-0.25, -0.2) is 0 Å². The third-order valence-corrected chi connectivity index (χ3v) is 3.67. The minimum absolute atomic E-state index is 0.661. The van der Waals surface area contributed by atoms with Gasteiger partial charge in [0.15, 0.2) is 0 Å². The average Bonchev–Trinajstić information content (AvgIpc) is 2.29. The Kier molecular flexibility index (Phi) is 4.05. The molecule has 1 aliphatic heterocycles. The molecule has 0 aliphatic carbocycles. The predicted molar refractivity (Wildman–Crippen MR) is 70.1 cm³/mol. The fourth-order valence-corrected chi connectivity index (χ4v) is 2.91. The van der Waals surface area contributed by atoms with Crippen LogP contribution in [-0.4, -0.2) is 11.7 Å². The van der Waals surface area contributed by atoms with Crippen LogP contribution in [0.3, 0.4) is 0 Å². The Morgan fingerprint density at radius 1 is 1.31 bits per heavy atom. The number of benzene rings is 1. The molecule has 0 aromatic heterocycles. The van der Waals surface area contributed by atoms with Gasteiger partial charge in [0.1, 0.15) is 11.9 Å². The molecule has 16 heavy (non-hydrogen) atoms. The molecule has 0 bridgehead atoms. The molecule has 0 spiro atoms. The lowest BCUT2D eigenvalue weighted by Gasteiger charge is -2.20. The molecule has 0 radical (unpaired) electrons. The van der Waals surface area contributed by atoms with Crippen molar-refractivity contribution in [1.29, 1.82) is 0 Å². The highest BCUT2D eigenvalue weighted by Crippen LogP contribution is 2.32. The molecule has 0 amide bonds. The average molecular weight is 348 g/mol. The van der Waals surface area contributed by atoms with Crippen molar-refractivity contribution in [2.24, 2.45) is 0 Å². The third kappa shape index (κ3) is 2.67. The number of aliphatic hydroxyl groups excluding tert-OH is 1. The van der Waals surface area contributed by atoms with Gasteiger partial charge in [0, 0.05) is 14.5 Å². The lowest BCUT2D eigenvalue weighted by molar-refractivity contribution is 0.0914. The zero-order valence-corrected chi connectivity index (χ0v) is 11.8. The van der Waals surface area contributed by atoms with E-state index in [1.807, 2.05) is 24.3 Å². The maximum Gasteiger partial charge on any atom is 0.137 e. The highest BCUT2D eigenvalue weighted by molar-refractivity contribution is 9.11. The van der Waals surface area contributed by atoms with E-state index in [2.05, 4.69) is 31.9 Å². The van der Waals surface area contributed by atoms with Crippen LogP contribution in [0, 0.1) is 0 Å². The number of halogens is 2. The summed E-state index contributed by atoms with van der Waals surface area (Å²) in [7, 11) is 0. The van der Waals surface area contributed by atoms with Crippen molar-refractivity contribution in [1.82, 2.24) is 0 Å². The molecule has 1 atom stereocenters. The highest BCUT2D eigenvalue weighted by Gasteiger charge is 2.19. The van der Waals surface area contributed by atoms with E-state index in [4.69, 9.17) is 4.74 Å². The number of rotatable bonds is 2. The molecule has 86 valence electrons. The number of hydrogen-bond donors (Lipinski definition) is 1. The zero-order valence-electron chi connectivity index (χ0n) is 8.62. The van der Waals surface area contributed by atoms with Gasteiger partial charge >= 0.3 is 0 Å². The maximum atomic E-state index is 10.2. The second-order valence-electron chi connectivity index (χ2n) is 3.67. The van der Waals surface area contributed by atoms with Crippen LogP contribution in [0.5, 0.6) is 0 Å². The second-order valence-corrected chi connectivity index (χ2v) is 5.44. The highest BCUT2D eigenvalue weighted by atomic mass is 79.9. The number of allylic oxidation sites excluding steroid dienone is 1. The lowest BCUT2D eigenvalue weighted by Crippen LogP contribution is -2.10. The summed E-state index contributed by atoms with van der Waals surface area (Å²) < 4.78 is 7.32. The van der Waals surface area contributed by atoms with Crippen molar-refractivity contribution in [3.05, 3.63) is 44.5 Å². The van der Waals surface area contributed by atoms with Gasteiger partial charge in [-0.15, -0.1) is 0 Å². The monoisotopic (exact) mass is 346 g/mol. The van der Waals surface area contributed by atoms with Crippen molar-refractivity contribution in [3.63, 3.8) is 0 Å². The molecule has 1 aliphatic rings. The largest absolute Gasteiger partial charge is 0.495 e. The van der Waals surface area contributed by atoms with Crippen molar-refractivity contribution in [3.8, 4) is 0 Å². The van der Waals surface area contributed by atoms with E-state index in [0.717, 1.165) is 27.4 Å². The first kappa shape index (κ1) is 12.1. The van der Waals surface area contributed by atoms with Gasteiger partial charge in [-0.3, -0.25) is 0 Å². The van der Waals surface area contributed by atoms with E-state index in [1.54, 1.807) is 0 Å². The molecular weight excluding hydrogens is 336 g/mol. The Morgan fingerprint density at radius 2 is 2.12 bits per heavy atom. The van der Waals surface area contributed by atoms with Gasteiger partial charge in [0.05, 0.1) is 6.61 Å². The van der Waals surface area contributed by atoms with Crippen LogP contribution in [0.15, 0.2) is 39.0 Å². The zero-order chi connectivity index (χ0) is 11.5. The molecule has 0 saturated heterocycles. The minimum atomic E-state index is -0.678. The first-order chi connectivity index (χ1) is 7.68. The van der Waals surface area contributed by atoms with E-state index >= 15 is 0 Å². The summed E-state index contributed by atoms with van der Waals surface area (Å²) in [6, 6.07) is 5.71. The quantitative estimate of drug-likeness (QED) is 0.878. The van der Waals surface area contributed by atoms with Gasteiger partial charge in [0.2, 0.25) is 0 Å². The van der Waals surface area contributed by atoms with Crippen molar-refractivity contribution in [2.45, 2.75) is 18.9 Å². The smallest absolute Gasteiger partial charge is 0.137 e. The number of hydrogen-bond acceptors (Lipinski definition) is 2.